The van der Waals surface area contributed by atoms with Crippen LogP contribution in [0.25, 0.3) is 0 Å². The number of urea groups is 1. The van der Waals surface area contributed by atoms with E-state index in [9.17, 15) is 9.90 Å². The number of nitrogens with one attached hydrogen (secondary N) is 1. The molecule has 1 atom stereocenters. The summed E-state index contributed by atoms with van der Waals surface area (Å²) in [5, 5.41) is 16.8. The van der Waals surface area contributed by atoms with Crippen LogP contribution in [0.2, 0.25) is 0 Å². The molecule has 132 valence electrons. The molecule has 2 N–H and O–H groups in total. The Balaban J connectivity index is 1.36. The highest BCUT2D eigenvalue weighted by atomic mass is 16.3. The molecule has 1 aromatic carbocycles. The molecule has 2 heterocycles. The minimum absolute atomic E-state index is 0.0587. The van der Waals surface area contributed by atoms with Gasteiger partial charge in [0.2, 0.25) is 0 Å². The zero-order valence-corrected chi connectivity index (χ0v) is 14.3. The molecule has 1 aliphatic carbocycles. The summed E-state index contributed by atoms with van der Waals surface area (Å²) in [5.41, 5.74) is 1.17. The molecule has 2 aliphatic rings. The number of carbonyl (C=O) groups excluding carboxylic acids is 1. The Kier molecular flexibility index (Phi) is 4.34. The maximum absolute atomic E-state index is 12.6. The molecule has 1 saturated carbocycles. The lowest BCUT2D eigenvalue weighted by molar-refractivity contribution is 0.221. The highest BCUT2D eigenvalue weighted by Crippen LogP contribution is 2.30. The van der Waals surface area contributed by atoms with Crippen molar-refractivity contribution in [3.8, 4) is 5.75 Å². The Bertz CT molecular complexity index is 736. The van der Waals surface area contributed by atoms with E-state index in [4.69, 9.17) is 0 Å². The quantitative estimate of drug-likeness (QED) is 0.896. The normalized spacial score (nSPS) is 20.5. The molecule has 0 radical (unpaired) electrons. The van der Waals surface area contributed by atoms with Gasteiger partial charge >= 0.3 is 6.03 Å². The van der Waals surface area contributed by atoms with E-state index in [1.807, 2.05) is 27.8 Å². The van der Waals surface area contributed by atoms with E-state index in [0.29, 0.717) is 18.4 Å². The van der Waals surface area contributed by atoms with Gasteiger partial charge in [-0.25, -0.2) is 9.48 Å². The maximum Gasteiger partial charge on any atom is 0.323 e. The smallest absolute Gasteiger partial charge is 0.323 e. The van der Waals surface area contributed by atoms with Gasteiger partial charge in [0.1, 0.15) is 11.6 Å². The number of aromatic hydroxyl groups is 1. The minimum Gasteiger partial charge on any atom is -0.508 e. The first-order valence-corrected chi connectivity index (χ1v) is 9.06. The topological polar surface area (TPSA) is 70.4 Å². The summed E-state index contributed by atoms with van der Waals surface area (Å²) in [6.45, 7) is 2.33. The van der Waals surface area contributed by atoms with Gasteiger partial charge in [0, 0.05) is 31.6 Å². The SMILES string of the molecule is O=C(Nc1ccnn1CC1CCC1)N1CCC(c2ccc(O)cc2)C1. The number of phenols is 1. The second-order valence-electron chi connectivity index (χ2n) is 7.15. The minimum atomic E-state index is -0.0587. The molecule has 2 fully saturated rings. The molecule has 0 bridgehead atoms. The number of nitrogens with zero attached hydrogens (tertiary/aromatic N) is 3. The van der Waals surface area contributed by atoms with Crippen molar-refractivity contribution < 1.29 is 9.90 Å². The van der Waals surface area contributed by atoms with Crippen LogP contribution in [0.4, 0.5) is 10.6 Å². The Morgan fingerprint density at radius 1 is 1.20 bits per heavy atom. The van der Waals surface area contributed by atoms with Crippen LogP contribution in [-0.4, -0.2) is 38.9 Å². The number of phenolic OH excluding ortho intramolecular Hbond substituents is 1. The first-order valence-electron chi connectivity index (χ1n) is 9.06. The van der Waals surface area contributed by atoms with Crippen LogP contribution in [0.15, 0.2) is 36.5 Å². The summed E-state index contributed by atoms with van der Waals surface area (Å²) < 4.78 is 1.91. The summed E-state index contributed by atoms with van der Waals surface area (Å²) in [7, 11) is 0. The molecular weight excluding hydrogens is 316 g/mol. The van der Waals surface area contributed by atoms with Crippen LogP contribution < -0.4 is 5.32 Å². The van der Waals surface area contributed by atoms with Crippen molar-refractivity contribution in [2.24, 2.45) is 5.92 Å². The molecule has 1 aliphatic heterocycles. The molecule has 1 unspecified atom stereocenters. The van der Waals surface area contributed by atoms with Crippen molar-refractivity contribution in [2.75, 3.05) is 18.4 Å². The number of amides is 2. The lowest BCUT2D eigenvalue weighted by Crippen LogP contribution is -2.34. The van der Waals surface area contributed by atoms with Crippen molar-refractivity contribution in [3.63, 3.8) is 0 Å². The predicted molar refractivity (Wildman–Crippen MR) is 95.6 cm³/mol. The summed E-state index contributed by atoms with van der Waals surface area (Å²) in [5.74, 6) is 2.08. The fraction of sp³-hybridized carbons (Fsp3) is 0.474. The Labute approximate surface area is 147 Å². The van der Waals surface area contributed by atoms with Gasteiger partial charge in [-0.2, -0.15) is 5.10 Å². The van der Waals surface area contributed by atoms with E-state index in [1.165, 1.54) is 24.8 Å². The van der Waals surface area contributed by atoms with Crippen molar-refractivity contribution in [2.45, 2.75) is 38.1 Å². The van der Waals surface area contributed by atoms with E-state index in [1.54, 1.807) is 18.3 Å². The standard InChI is InChI=1S/C19H24N4O2/c24-17-6-4-15(5-7-17)16-9-11-22(13-16)19(25)21-18-8-10-20-23(18)12-14-2-1-3-14/h4-8,10,14,16,24H,1-3,9,11-13H2,(H,21,25). The Hall–Kier alpha value is -2.50. The van der Waals surface area contributed by atoms with Gasteiger partial charge in [-0.1, -0.05) is 18.6 Å². The van der Waals surface area contributed by atoms with Gasteiger partial charge in [-0.05, 0) is 42.9 Å². The lowest BCUT2D eigenvalue weighted by Gasteiger charge is -2.26. The second-order valence-corrected chi connectivity index (χ2v) is 7.15. The first kappa shape index (κ1) is 16.0. The van der Waals surface area contributed by atoms with Crippen LogP contribution >= 0.6 is 0 Å². The molecule has 4 rings (SSSR count). The van der Waals surface area contributed by atoms with Crippen LogP contribution in [-0.2, 0) is 6.54 Å². The molecule has 25 heavy (non-hydrogen) atoms. The van der Waals surface area contributed by atoms with Crippen molar-refractivity contribution >= 4 is 11.8 Å². The summed E-state index contributed by atoms with van der Waals surface area (Å²) in [6, 6.07) is 9.10. The van der Waals surface area contributed by atoms with Gasteiger partial charge in [0.15, 0.2) is 0 Å². The average molecular weight is 340 g/mol. The third-order valence-corrected chi connectivity index (χ3v) is 5.45. The molecule has 1 saturated heterocycles. The number of rotatable bonds is 4. The maximum atomic E-state index is 12.6. The molecule has 0 spiro atoms. The van der Waals surface area contributed by atoms with Gasteiger partial charge in [0.25, 0.3) is 0 Å². The summed E-state index contributed by atoms with van der Waals surface area (Å²) in [4.78, 5) is 14.5. The molecule has 2 amide bonds. The van der Waals surface area contributed by atoms with E-state index >= 15 is 0 Å². The zero-order chi connectivity index (χ0) is 17.2. The largest absolute Gasteiger partial charge is 0.508 e. The second kappa shape index (κ2) is 6.78. The summed E-state index contributed by atoms with van der Waals surface area (Å²) in [6.07, 6.45) is 6.51. The fourth-order valence-corrected chi connectivity index (χ4v) is 3.66. The first-order chi connectivity index (χ1) is 12.2. The van der Waals surface area contributed by atoms with E-state index in [-0.39, 0.29) is 11.8 Å². The van der Waals surface area contributed by atoms with E-state index in [2.05, 4.69) is 10.4 Å². The highest BCUT2D eigenvalue weighted by Gasteiger charge is 2.28. The lowest BCUT2D eigenvalue weighted by atomic mass is 9.85. The average Bonchev–Trinajstić information content (AvgIpc) is 3.21. The molecule has 6 heteroatoms. The predicted octanol–water partition coefficient (Wildman–Crippen LogP) is 3.41. The summed E-state index contributed by atoms with van der Waals surface area (Å²) >= 11 is 0. The Morgan fingerprint density at radius 2 is 2.00 bits per heavy atom. The molecule has 1 aromatic heterocycles. The van der Waals surface area contributed by atoms with Crippen molar-refractivity contribution in [3.05, 3.63) is 42.1 Å². The number of hydrogen-bond acceptors (Lipinski definition) is 3. The third kappa shape index (κ3) is 3.48. The van der Waals surface area contributed by atoms with E-state index in [0.717, 1.165) is 25.3 Å². The fourth-order valence-electron chi connectivity index (χ4n) is 3.66. The van der Waals surface area contributed by atoms with E-state index < -0.39 is 0 Å². The highest BCUT2D eigenvalue weighted by molar-refractivity contribution is 5.88. The number of likely N-dealkylation sites (tertiary alicyclic amines) is 1. The number of aromatic nitrogens is 2. The third-order valence-electron chi connectivity index (χ3n) is 5.45. The molecule has 6 nitrogen and oxygen atoms in total. The number of hydrogen-bond donors (Lipinski definition) is 2. The van der Waals surface area contributed by atoms with Crippen LogP contribution in [0.3, 0.4) is 0 Å². The van der Waals surface area contributed by atoms with Crippen molar-refractivity contribution in [1.29, 1.82) is 0 Å². The van der Waals surface area contributed by atoms with Crippen LogP contribution in [0.1, 0.15) is 37.2 Å². The monoisotopic (exact) mass is 340 g/mol. The Morgan fingerprint density at radius 3 is 2.72 bits per heavy atom. The number of anilines is 1. The van der Waals surface area contributed by atoms with Gasteiger partial charge in [0.05, 0.1) is 6.20 Å². The van der Waals surface area contributed by atoms with Crippen LogP contribution in [0.5, 0.6) is 5.75 Å². The number of carbonyl (C=O) groups is 1. The van der Waals surface area contributed by atoms with Gasteiger partial charge in [-0.3, -0.25) is 5.32 Å². The zero-order valence-electron chi connectivity index (χ0n) is 14.3. The molecular formula is C19H24N4O2. The van der Waals surface area contributed by atoms with Crippen LogP contribution in [0, 0.1) is 5.92 Å². The molecule has 2 aromatic rings. The van der Waals surface area contributed by atoms with Gasteiger partial charge in [-0.15, -0.1) is 0 Å². The van der Waals surface area contributed by atoms with Crippen molar-refractivity contribution in [1.82, 2.24) is 14.7 Å². The van der Waals surface area contributed by atoms with Gasteiger partial charge < -0.3 is 10.0 Å². The number of benzene rings is 1.